The first-order valence-electron chi connectivity index (χ1n) is 5.52. The van der Waals surface area contributed by atoms with Gasteiger partial charge in [0.05, 0.1) is 0 Å². The van der Waals surface area contributed by atoms with Gasteiger partial charge in [-0.25, -0.2) is 4.79 Å². The number of fused-ring (bicyclic) bond motifs is 1. The van der Waals surface area contributed by atoms with Gasteiger partial charge in [0.25, 0.3) is 0 Å². The van der Waals surface area contributed by atoms with E-state index in [2.05, 4.69) is 26.9 Å². The van der Waals surface area contributed by atoms with Crippen LogP contribution in [-0.4, -0.2) is 24.7 Å². The summed E-state index contributed by atoms with van der Waals surface area (Å²) in [6, 6.07) is 4.07. The van der Waals surface area contributed by atoms with Crippen LogP contribution in [0, 0.1) is 0 Å². The van der Waals surface area contributed by atoms with E-state index in [0.29, 0.717) is 0 Å². The van der Waals surface area contributed by atoms with Gasteiger partial charge in [-0.2, -0.15) is 0 Å². The summed E-state index contributed by atoms with van der Waals surface area (Å²) in [5.41, 5.74) is 3.38. The Morgan fingerprint density at radius 2 is 2.29 bits per heavy atom. The number of benzene rings is 1. The molecule has 3 nitrogen and oxygen atoms in total. The molecule has 1 aliphatic rings. The lowest BCUT2D eigenvalue weighted by atomic mass is 9.98. The summed E-state index contributed by atoms with van der Waals surface area (Å²) >= 11 is 3.47. The van der Waals surface area contributed by atoms with Gasteiger partial charge in [0.1, 0.15) is 0 Å². The van der Waals surface area contributed by atoms with Crippen LogP contribution in [-0.2, 0) is 11.2 Å². The Balaban J connectivity index is 2.50. The van der Waals surface area contributed by atoms with Gasteiger partial charge in [-0.1, -0.05) is 15.9 Å². The van der Waals surface area contributed by atoms with Gasteiger partial charge >= 0.3 is 5.97 Å². The molecular weight excluding hydrogens is 282 g/mol. The van der Waals surface area contributed by atoms with E-state index in [1.165, 1.54) is 11.6 Å². The summed E-state index contributed by atoms with van der Waals surface area (Å²) in [6.07, 6.45) is 5.04. The average Bonchev–Trinajstić information content (AvgIpc) is 2.25. The molecule has 1 heterocycles. The highest BCUT2D eigenvalue weighted by Gasteiger charge is 2.17. The SMILES string of the molecule is CN1CCCc2cc(Br)cc(C=CC(=O)O)c21. The van der Waals surface area contributed by atoms with Gasteiger partial charge in [0.15, 0.2) is 0 Å². The Morgan fingerprint density at radius 1 is 1.53 bits per heavy atom. The minimum atomic E-state index is -0.919. The minimum absolute atomic E-state index is 0.919. The molecule has 90 valence electrons. The maximum absolute atomic E-state index is 10.6. The van der Waals surface area contributed by atoms with Crippen molar-refractivity contribution in [2.75, 3.05) is 18.5 Å². The Bertz CT molecular complexity index is 483. The molecule has 1 aromatic rings. The molecule has 1 aromatic carbocycles. The number of carbonyl (C=O) groups is 1. The highest BCUT2D eigenvalue weighted by molar-refractivity contribution is 9.10. The van der Waals surface area contributed by atoms with Gasteiger partial charge < -0.3 is 10.0 Å². The lowest BCUT2D eigenvalue weighted by Crippen LogP contribution is -2.25. The van der Waals surface area contributed by atoms with Gasteiger partial charge in [-0.3, -0.25) is 0 Å². The third kappa shape index (κ3) is 2.69. The molecular formula is C13H14BrNO2. The van der Waals surface area contributed by atoms with Crippen LogP contribution in [0.25, 0.3) is 6.08 Å². The van der Waals surface area contributed by atoms with Crippen molar-refractivity contribution in [3.63, 3.8) is 0 Å². The van der Waals surface area contributed by atoms with Crippen LogP contribution in [0.1, 0.15) is 17.5 Å². The lowest BCUT2D eigenvalue weighted by molar-refractivity contribution is -0.131. The van der Waals surface area contributed by atoms with Crippen molar-refractivity contribution in [2.45, 2.75) is 12.8 Å². The molecule has 1 aliphatic heterocycles. The van der Waals surface area contributed by atoms with Gasteiger partial charge in [0.2, 0.25) is 0 Å². The highest BCUT2D eigenvalue weighted by atomic mass is 79.9. The van der Waals surface area contributed by atoms with E-state index in [-0.39, 0.29) is 0 Å². The molecule has 4 heteroatoms. The summed E-state index contributed by atoms with van der Waals surface area (Å²) in [5.74, 6) is -0.919. The fraction of sp³-hybridized carbons (Fsp3) is 0.308. The number of aryl methyl sites for hydroxylation is 1. The summed E-state index contributed by atoms with van der Waals surface area (Å²) in [4.78, 5) is 12.8. The fourth-order valence-electron chi connectivity index (χ4n) is 2.24. The quantitative estimate of drug-likeness (QED) is 0.853. The van der Waals surface area contributed by atoms with E-state index in [0.717, 1.165) is 35.1 Å². The molecule has 2 rings (SSSR count). The number of aliphatic carboxylic acids is 1. The number of nitrogens with zero attached hydrogens (tertiary/aromatic N) is 1. The molecule has 0 amide bonds. The summed E-state index contributed by atoms with van der Waals surface area (Å²) in [6.45, 7) is 1.02. The Morgan fingerprint density at radius 3 is 3.00 bits per heavy atom. The maximum Gasteiger partial charge on any atom is 0.328 e. The van der Waals surface area contributed by atoms with E-state index < -0.39 is 5.97 Å². The molecule has 0 aliphatic carbocycles. The zero-order valence-electron chi connectivity index (χ0n) is 9.61. The maximum atomic E-state index is 10.6. The molecule has 1 N–H and O–H groups in total. The Hall–Kier alpha value is -1.29. The highest BCUT2D eigenvalue weighted by Crippen LogP contribution is 2.33. The number of anilines is 1. The standard InChI is InChI=1S/C13H14BrNO2/c1-15-6-2-3-9-7-11(14)8-10(13(9)15)4-5-12(16)17/h4-5,7-8H,2-3,6H2,1H3,(H,16,17). The number of carboxylic acids is 1. The van der Waals surface area contributed by atoms with Crippen molar-refractivity contribution in [1.29, 1.82) is 0 Å². The van der Waals surface area contributed by atoms with Crippen LogP contribution < -0.4 is 4.90 Å². The van der Waals surface area contributed by atoms with Crippen molar-refractivity contribution in [2.24, 2.45) is 0 Å². The number of hydrogen-bond donors (Lipinski definition) is 1. The second-order valence-corrected chi connectivity index (χ2v) is 5.12. The van der Waals surface area contributed by atoms with Crippen molar-refractivity contribution in [3.8, 4) is 0 Å². The molecule has 0 radical (unpaired) electrons. The number of hydrogen-bond acceptors (Lipinski definition) is 2. The van der Waals surface area contributed by atoms with Crippen LogP contribution in [0.15, 0.2) is 22.7 Å². The zero-order valence-corrected chi connectivity index (χ0v) is 11.2. The predicted molar refractivity (Wildman–Crippen MR) is 72.4 cm³/mol. The number of rotatable bonds is 2. The number of carboxylic acid groups (broad SMARTS) is 1. The first kappa shape index (κ1) is 12.2. The first-order valence-corrected chi connectivity index (χ1v) is 6.32. The average molecular weight is 296 g/mol. The molecule has 0 atom stereocenters. The van der Waals surface area contributed by atoms with Crippen molar-refractivity contribution in [3.05, 3.63) is 33.8 Å². The van der Waals surface area contributed by atoms with Gasteiger partial charge in [-0.05, 0) is 42.2 Å². The molecule has 17 heavy (non-hydrogen) atoms. The monoisotopic (exact) mass is 295 g/mol. The third-order valence-electron chi connectivity index (χ3n) is 2.91. The molecule has 0 bridgehead atoms. The smallest absolute Gasteiger partial charge is 0.328 e. The van der Waals surface area contributed by atoms with Crippen LogP contribution in [0.3, 0.4) is 0 Å². The van der Waals surface area contributed by atoms with E-state index in [1.54, 1.807) is 6.08 Å². The summed E-state index contributed by atoms with van der Waals surface area (Å²) in [5, 5.41) is 8.70. The molecule has 0 fully saturated rings. The van der Waals surface area contributed by atoms with Crippen LogP contribution >= 0.6 is 15.9 Å². The van der Waals surface area contributed by atoms with E-state index in [9.17, 15) is 4.79 Å². The largest absolute Gasteiger partial charge is 0.478 e. The topological polar surface area (TPSA) is 40.5 Å². The van der Waals surface area contributed by atoms with E-state index >= 15 is 0 Å². The fourth-order valence-corrected chi connectivity index (χ4v) is 2.76. The molecule has 0 aromatic heterocycles. The van der Waals surface area contributed by atoms with Gasteiger partial charge in [0, 0.05) is 29.8 Å². The normalized spacial score (nSPS) is 15.1. The van der Waals surface area contributed by atoms with Crippen molar-refractivity contribution >= 4 is 33.7 Å². The predicted octanol–water partition coefficient (Wildman–Crippen LogP) is 2.93. The first-order chi connectivity index (χ1) is 8.08. The van der Waals surface area contributed by atoms with Crippen LogP contribution in [0.2, 0.25) is 0 Å². The molecule has 0 saturated heterocycles. The van der Waals surface area contributed by atoms with Crippen LogP contribution in [0.4, 0.5) is 5.69 Å². The zero-order chi connectivity index (χ0) is 12.4. The third-order valence-corrected chi connectivity index (χ3v) is 3.37. The van der Waals surface area contributed by atoms with Crippen molar-refractivity contribution in [1.82, 2.24) is 0 Å². The minimum Gasteiger partial charge on any atom is -0.478 e. The van der Waals surface area contributed by atoms with E-state index in [1.807, 2.05) is 13.1 Å². The Kier molecular flexibility index (Phi) is 3.52. The van der Waals surface area contributed by atoms with E-state index in [4.69, 9.17) is 5.11 Å². The molecule has 0 saturated carbocycles. The van der Waals surface area contributed by atoms with Crippen molar-refractivity contribution < 1.29 is 9.90 Å². The Labute approximate surface area is 109 Å². The van der Waals surface area contributed by atoms with Crippen LogP contribution in [0.5, 0.6) is 0 Å². The summed E-state index contributed by atoms with van der Waals surface area (Å²) in [7, 11) is 2.05. The number of halogens is 1. The molecule has 0 spiro atoms. The molecule has 0 unspecified atom stereocenters. The lowest BCUT2D eigenvalue weighted by Gasteiger charge is -2.29. The van der Waals surface area contributed by atoms with Gasteiger partial charge in [-0.15, -0.1) is 0 Å². The second-order valence-electron chi connectivity index (χ2n) is 4.20. The second kappa shape index (κ2) is 4.92. The summed E-state index contributed by atoms with van der Waals surface area (Å²) < 4.78 is 0.997.